The lowest BCUT2D eigenvalue weighted by molar-refractivity contribution is -0.172. The molecule has 3 aromatic rings. The molecule has 0 spiro atoms. The van der Waals surface area contributed by atoms with Crippen molar-refractivity contribution in [3.63, 3.8) is 0 Å². The zero-order chi connectivity index (χ0) is 31.2. The number of aliphatic hydroxyl groups is 1. The van der Waals surface area contributed by atoms with E-state index < -0.39 is 11.6 Å². The Morgan fingerprint density at radius 1 is 1.23 bits per heavy atom. The average Bonchev–Trinajstić information content (AvgIpc) is 3.38. The van der Waals surface area contributed by atoms with Crippen LogP contribution < -0.4 is 16.2 Å². The summed E-state index contributed by atoms with van der Waals surface area (Å²) in [4.78, 5) is 44.4. The number of cyclic esters (lactones) is 1. The fourth-order valence-electron chi connectivity index (χ4n) is 6.89. The molecule has 3 N–H and O–H groups in total. The number of hydrogen-bond donors (Lipinski definition) is 3. The summed E-state index contributed by atoms with van der Waals surface area (Å²) in [6.45, 7) is 7.06. The number of pyridine rings is 2. The number of fused-ring (bicyclic) bond motifs is 5. The topological polar surface area (TPSA) is 123 Å². The molecule has 3 aliphatic rings. The second kappa shape index (κ2) is 11.9. The summed E-state index contributed by atoms with van der Waals surface area (Å²) >= 11 is 0. The Balaban J connectivity index is 1.36. The molecule has 0 bridgehead atoms. The van der Waals surface area contributed by atoms with Crippen molar-refractivity contribution < 1.29 is 23.8 Å². The molecule has 10 heteroatoms. The number of esters is 1. The second-order valence-corrected chi connectivity index (χ2v) is 12.0. The number of carbonyl (C=O) groups is 2. The van der Waals surface area contributed by atoms with Gasteiger partial charge in [-0.15, -0.1) is 0 Å². The number of nitrogens with zero attached hydrogens (tertiary/aromatic N) is 2. The number of carbonyl (C=O) groups excluding carboxylic acids is 2. The molecule has 1 aromatic carbocycles. The van der Waals surface area contributed by atoms with Gasteiger partial charge in [0.05, 0.1) is 35.1 Å². The van der Waals surface area contributed by atoms with Gasteiger partial charge < -0.3 is 25.0 Å². The SMILES string of the molecule is CCCC=CCNCCCC(=O)N[C@H]1CCc2c(C)c(F)cc3nc4c(c1c23)Cn1c-4cc2c(c1=O)COC(=O)[C@]2(O)CC. The number of unbranched alkanes of at least 4 members (excludes halogenated alkanes) is 1. The van der Waals surface area contributed by atoms with Gasteiger partial charge in [0.25, 0.3) is 5.56 Å². The largest absolute Gasteiger partial charge is 0.458 e. The number of aromatic nitrogens is 2. The number of nitrogens with one attached hydrogen (secondary N) is 2. The van der Waals surface area contributed by atoms with Gasteiger partial charge in [-0.3, -0.25) is 9.59 Å². The predicted molar refractivity (Wildman–Crippen MR) is 165 cm³/mol. The normalized spacial score (nSPS) is 20.0. The molecule has 0 saturated carbocycles. The molecule has 6 rings (SSSR count). The number of ether oxygens (including phenoxy) is 1. The monoisotopic (exact) mass is 602 g/mol. The molecule has 0 radical (unpaired) electrons. The highest BCUT2D eigenvalue weighted by Gasteiger charge is 2.46. The summed E-state index contributed by atoms with van der Waals surface area (Å²) in [5, 5.41) is 18.6. The van der Waals surface area contributed by atoms with Crippen LogP contribution in [0.1, 0.15) is 91.8 Å². The van der Waals surface area contributed by atoms with Crippen LogP contribution in [0.25, 0.3) is 22.3 Å². The number of halogens is 1. The number of hydrogen-bond acceptors (Lipinski definition) is 7. The average molecular weight is 603 g/mol. The molecular weight excluding hydrogens is 563 g/mol. The highest BCUT2D eigenvalue weighted by atomic mass is 19.1. The molecule has 4 heterocycles. The number of amides is 1. The smallest absolute Gasteiger partial charge is 0.343 e. The first kappa shape index (κ1) is 30.1. The molecule has 2 aliphatic heterocycles. The first-order valence-corrected chi connectivity index (χ1v) is 15.7. The van der Waals surface area contributed by atoms with Gasteiger partial charge in [0, 0.05) is 35.5 Å². The lowest BCUT2D eigenvalue weighted by atomic mass is 9.81. The zero-order valence-corrected chi connectivity index (χ0v) is 25.5. The summed E-state index contributed by atoms with van der Waals surface area (Å²) < 4.78 is 21.9. The quantitative estimate of drug-likeness (QED) is 0.140. The van der Waals surface area contributed by atoms with E-state index in [1.165, 1.54) is 6.07 Å². The molecule has 0 fully saturated rings. The van der Waals surface area contributed by atoms with Crippen molar-refractivity contribution in [2.24, 2.45) is 0 Å². The first-order valence-electron chi connectivity index (χ1n) is 15.7. The third kappa shape index (κ3) is 4.94. The van der Waals surface area contributed by atoms with Crippen LogP contribution in [0.3, 0.4) is 0 Å². The van der Waals surface area contributed by atoms with Crippen LogP contribution in [-0.2, 0) is 39.5 Å². The standard InChI is InChI=1S/C34H39FN4O5/c1-4-6-7-8-13-36-14-9-10-28(40)37-25-12-11-20-19(3)24(35)16-26-29(20)30(25)21-17-39-27(31(21)38-26)15-23-22(32(39)41)18-44-33(42)34(23,43)5-2/h7-8,15-16,25,36,43H,4-6,9-14,17-18H2,1-3H3,(H,37,40)/t25-,34-/m0/s1. The van der Waals surface area contributed by atoms with Crippen molar-refractivity contribution in [2.45, 2.75) is 90.5 Å². The molecule has 44 heavy (non-hydrogen) atoms. The maximum atomic E-state index is 15.1. The molecule has 1 aliphatic carbocycles. The third-order valence-corrected chi connectivity index (χ3v) is 9.35. The minimum absolute atomic E-state index is 0.0397. The molecule has 0 unspecified atom stereocenters. The lowest BCUT2D eigenvalue weighted by Crippen LogP contribution is -2.44. The van der Waals surface area contributed by atoms with Gasteiger partial charge in [-0.2, -0.15) is 0 Å². The minimum Gasteiger partial charge on any atom is -0.458 e. The van der Waals surface area contributed by atoms with Gasteiger partial charge >= 0.3 is 5.97 Å². The zero-order valence-electron chi connectivity index (χ0n) is 25.5. The van der Waals surface area contributed by atoms with E-state index in [2.05, 4.69) is 29.7 Å². The second-order valence-electron chi connectivity index (χ2n) is 12.0. The van der Waals surface area contributed by atoms with Crippen molar-refractivity contribution in [3.05, 3.63) is 73.8 Å². The Kier molecular flexibility index (Phi) is 8.15. The van der Waals surface area contributed by atoms with Crippen molar-refractivity contribution in [2.75, 3.05) is 13.1 Å². The van der Waals surface area contributed by atoms with E-state index in [1.54, 1.807) is 24.5 Å². The molecule has 1 amide bonds. The summed E-state index contributed by atoms with van der Waals surface area (Å²) in [6.07, 6.45) is 8.72. The fourth-order valence-corrected chi connectivity index (χ4v) is 6.89. The number of rotatable bonds is 10. The Morgan fingerprint density at radius 2 is 2.05 bits per heavy atom. The molecular formula is C34H39FN4O5. The molecule has 9 nitrogen and oxygen atoms in total. The molecule has 232 valence electrons. The van der Waals surface area contributed by atoms with Gasteiger partial charge in [0.2, 0.25) is 5.91 Å². The minimum atomic E-state index is -1.94. The van der Waals surface area contributed by atoms with Crippen LogP contribution in [0.4, 0.5) is 4.39 Å². The predicted octanol–water partition coefficient (Wildman–Crippen LogP) is 4.36. The van der Waals surface area contributed by atoms with Crippen molar-refractivity contribution in [3.8, 4) is 11.4 Å². The van der Waals surface area contributed by atoms with Gasteiger partial charge in [-0.25, -0.2) is 14.2 Å². The lowest BCUT2D eigenvalue weighted by Gasteiger charge is -2.31. The summed E-state index contributed by atoms with van der Waals surface area (Å²) in [7, 11) is 0. The Hall–Kier alpha value is -3.89. The molecule has 2 atom stereocenters. The van der Waals surface area contributed by atoms with E-state index >= 15 is 4.39 Å². The summed E-state index contributed by atoms with van der Waals surface area (Å²) in [6, 6.07) is 2.74. The van der Waals surface area contributed by atoms with E-state index in [0.717, 1.165) is 48.0 Å². The van der Waals surface area contributed by atoms with Crippen LogP contribution in [0.2, 0.25) is 0 Å². The Labute approximate surface area is 255 Å². The van der Waals surface area contributed by atoms with Gasteiger partial charge in [0.15, 0.2) is 5.60 Å². The highest BCUT2D eigenvalue weighted by Crippen LogP contribution is 2.45. The van der Waals surface area contributed by atoms with E-state index in [1.807, 2.05) is 0 Å². The van der Waals surface area contributed by atoms with E-state index in [4.69, 9.17) is 9.72 Å². The maximum Gasteiger partial charge on any atom is 0.343 e. The number of aryl methyl sites for hydroxylation is 1. The maximum absolute atomic E-state index is 15.1. The molecule has 2 aromatic heterocycles. The number of allylic oxidation sites excluding steroid dienone is 1. The summed E-state index contributed by atoms with van der Waals surface area (Å²) in [5.74, 6) is -1.20. The summed E-state index contributed by atoms with van der Waals surface area (Å²) in [5.41, 5.74) is 2.68. The van der Waals surface area contributed by atoms with Crippen LogP contribution in [0, 0.1) is 12.7 Å². The fraction of sp³-hybridized carbons (Fsp3) is 0.471. The first-order chi connectivity index (χ1) is 21.2. The third-order valence-electron chi connectivity index (χ3n) is 9.35. The van der Waals surface area contributed by atoms with Crippen molar-refractivity contribution in [1.29, 1.82) is 0 Å². The van der Waals surface area contributed by atoms with Crippen molar-refractivity contribution in [1.82, 2.24) is 20.2 Å². The van der Waals surface area contributed by atoms with Crippen molar-refractivity contribution >= 4 is 22.8 Å². The van der Waals surface area contributed by atoms with E-state index in [0.29, 0.717) is 48.2 Å². The van der Waals surface area contributed by atoms with Crippen LogP contribution in [-0.4, -0.2) is 39.6 Å². The van der Waals surface area contributed by atoms with E-state index in [9.17, 15) is 19.5 Å². The Bertz CT molecular complexity index is 1760. The highest BCUT2D eigenvalue weighted by molar-refractivity contribution is 5.94. The van der Waals surface area contributed by atoms with Crippen LogP contribution >= 0.6 is 0 Å². The van der Waals surface area contributed by atoms with Gasteiger partial charge in [0.1, 0.15) is 12.4 Å². The van der Waals surface area contributed by atoms with Crippen LogP contribution in [0.15, 0.2) is 29.1 Å². The van der Waals surface area contributed by atoms with Gasteiger partial charge in [-0.1, -0.05) is 32.4 Å². The number of benzene rings is 1. The molecule has 0 saturated heterocycles. The van der Waals surface area contributed by atoms with Gasteiger partial charge in [-0.05, 0) is 68.3 Å². The van der Waals surface area contributed by atoms with Crippen LogP contribution in [0.5, 0.6) is 0 Å². The van der Waals surface area contributed by atoms with E-state index in [-0.39, 0.29) is 54.0 Å². The Morgan fingerprint density at radius 3 is 2.82 bits per heavy atom.